The van der Waals surface area contributed by atoms with Crippen LogP contribution in [0.4, 0.5) is 27.8 Å². The van der Waals surface area contributed by atoms with Gasteiger partial charge in [-0.15, -0.1) is 0 Å². The molecular formula is C27H36N6O6. The van der Waals surface area contributed by atoms with Crippen molar-refractivity contribution in [1.29, 1.82) is 0 Å². The van der Waals surface area contributed by atoms with E-state index in [2.05, 4.69) is 20.4 Å². The zero-order valence-corrected chi connectivity index (χ0v) is 22.5. The van der Waals surface area contributed by atoms with Crippen LogP contribution in [-0.4, -0.2) is 42.4 Å². The summed E-state index contributed by atoms with van der Waals surface area (Å²) in [6.07, 6.45) is -0.973. The third-order valence-corrected chi connectivity index (χ3v) is 4.31. The highest BCUT2D eigenvalue weighted by molar-refractivity contribution is 5.99. The smallest absolute Gasteiger partial charge is 0.455 e. The van der Waals surface area contributed by atoms with Gasteiger partial charge in [0.15, 0.2) is 0 Å². The zero-order chi connectivity index (χ0) is 29.2. The molecule has 0 fully saturated rings. The number of hydrogen-bond donors (Lipinski definition) is 5. The third kappa shape index (κ3) is 12.7. The van der Waals surface area contributed by atoms with Gasteiger partial charge >= 0.3 is 6.16 Å². The van der Waals surface area contributed by atoms with Crippen molar-refractivity contribution in [3.8, 4) is 5.75 Å². The van der Waals surface area contributed by atoms with Gasteiger partial charge in [-0.1, -0.05) is 44.2 Å². The summed E-state index contributed by atoms with van der Waals surface area (Å²) in [6, 6.07) is 18.6. The van der Waals surface area contributed by atoms with Crippen LogP contribution in [0.5, 0.6) is 5.75 Å². The topological polar surface area (TPSA) is 194 Å². The minimum atomic E-state index is -0.760. The number of amides is 2. The number of nitrogens with zero attached hydrogens (tertiary/aromatic N) is 1. The Morgan fingerprint density at radius 3 is 2.13 bits per heavy atom. The third-order valence-electron chi connectivity index (χ3n) is 4.31. The molecule has 0 saturated carbocycles. The summed E-state index contributed by atoms with van der Waals surface area (Å²) in [4.78, 5) is 38.3. The average molecular weight is 541 g/mol. The number of ether oxygens (including phenoxy) is 3. The molecule has 1 aromatic heterocycles. The Balaban J connectivity index is 0.000000379. The van der Waals surface area contributed by atoms with Gasteiger partial charge in [0.25, 0.3) is 5.91 Å². The van der Waals surface area contributed by atoms with E-state index >= 15 is 0 Å². The molecule has 2 amide bonds. The number of aromatic nitrogens is 1. The Morgan fingerprint density at radius 1 is 0.872 bits per heavy atom. The maximum atomic E-state index is 11.8. The standard InChI is InChI=1S/C14H15N5O2.C11H15NO4.C2H6/c15-10-6-7-11(19-13(10)16)18-12(20)8-17-14(21)9-4-2-1-3-5-9;1-8(2)16-11(13)15-7-14-10-6-4-3-5-9(10)12;1-2/h1-7H,8,15H2,(H,17,21)(H3,16,18,19,20);3-6,8H,7,12H2,1-2H3;1-2H3. The fourth-order valence-corrected chi connectivity index (χ4v) is 2.57. The van der Waals surface area contributed by atoms with Gasteiger partial charge in [-0.05, 0) is 50.2 Å². The molecule has 8 N–H and O–H groups in total. The first-order chi connectivity index (χ1) is 18.7. The molecular weight excluding hydrogens is 504 g/mol. The molecule has 12 nitrogen and oxygen atoms in total. The number of anilines is 4. The van der Waals surface area contributed by atoms with Crippen LogP contribution in [0.2, 0.25) is 0 Å². The van der Waals surface area contributed by atoms with Crippen LogP contribution in [-0.2, 0) is 14.3 Å². The van der Waals surface area contributed by atoms with Crippen molar-refractivity contribution in [3.63, 3.8) is 0 Å². The molecule has 0 saturated heterocycles. The molecule has 39 heavy (non-hydrogen) atoms. The molecule has 0 bridgehead atoms. The number of pyridine rings is 1. The van der Waals surface area contributed by atoms with Crippen molar-refractivity contribution in [2.75, 3.05) is 35.9 Å². The summed E-state index contributed by atoms with van der Waals surface area (Å²) in [5.74, 6) is 0.160. The lowest BCUT2D eigenvalue weighted by Gasteiger charge is -2.10. The summed E-state index contributed by atoms with van der Waals surface area (Å²) in [5, 5.41) is 5.03. The van der Waals surface area contributed by atoms with Crippen molar-refractivity contribution in [1.82, 2.24) is 10.3 Å². The number of carbonyl (C=O) groups is 3. The Hall–Kier alpha value is -5.00. The van der Waals surface area contributed by atoms with E-state index in [1.807, 2.05) is 13.8 Å². The van der Waals surface area contributed by atoms with Gasteiger partial charge in [-0.25, -0.2) is 9.78 Å². The van der Waals surface area contributed by atoms with Gasteiger partial charge in [-0.3, -0.25) is 9.59 Å². The van der Waals surface area contributed by atoms with Crippen LogP contribution in [0.15, 0.2) is 66.7 Å². The lowest BCUT2D eigenvalue weighted by molar-refractivity contribution is -0.115. The van der Waals surface area contributed by atoms with Crippen molar-refractivity contribution >= 4 is 41.0 Å². The van der Waals surface area contributed by atoms with Crippen LogP contribution in [0.3, 0.4) is 0 Å². The van der Waals surface area contributed by atoms with Gasteiger partial charge < -0.3 is 42.0 Å². The van der Waals surface area contributed by atoms with Crippen molar-refractivity contribution in [3.05, 3.63) is 72.3 Å². The fraction of sp³-hybridized carbons (Fsp3) is 0.259. The molecule has 0 aliphatic heterocycles. The summed E-state index contributed by atoms with van der Waals surface area (Å²) in [5.41, 5.74) is 18.0. The minimum absolute atomic E-state index is 0.140. The van der Waals surface area contributed by atoms with Gasteiger partial charge in [-0.2, -0.15) is 0 Å². The van der Waals surface area contributed by atoms with Gasteiger partial charge in [0.1, 0.15) is 17.4 Å². The van der Waals surface area contributed by atoms with Crippen LogP contribution in [0, 0.1) is 0 Å². The lowest BCUT2D eigenvalue weighted by Crippen LogP contribution is -2.33. The molecule has 3 rings (SSSR count). The van der Waals surface area contributed by atoms with Crippen molar-refractivity contribution in [2.45, 2.75) is 33.8 Å². The number of nitrogens with two attached hydrogens (primary N) is 3. The van der Waals surface area contributed by atoms with Gasteiger partial charge in [0.2, 0.25) is 12.7 Å². The SMILES string of the molecule is CC.CC(C)OC(=O)OCOc1ccccc1N.Nc1ccc(NC(=O)CNC(=O)c2ccccc2)nc1N. The molecule has 2 aromatic carbocycles. The number of nitrogen functional groups attached to an aromatic ring is 3. The fourth-order valence-electron chi connectivity index (χ4n) is 2.57. The Labute approximate surface area is 227 Å². The Bertz CT molecular complexity index is 1190. The van der Waals surface area contributed by atoms with E-state index in [-0.39, 0.29) is 37.0 Å². The summed E-state index contributed by atoms with van der Waals surface area (Å²) >= 11 is 0. The van der Waals surface area contributed by atoms with Crippen LogP contribution >= 0.6 is 0 Å². The molecule has 12 heteroatoms. The number of carbonyl (C=O) groups excluding carboxylic acids is 3. The van der Waals surface area contributed by atoms with E-state index < -0.39 is 12.1 Å². The molecule has 0 atom stereocenters. The summed E-state index contributed by atoms with van der Waals surface area (Å²) in [7, 11) is 0. The van der Waals surface area contributed by atoms with E-state index in [1.165, 1.54) is 6.07 Å². The highest BCUT2D eigenvalue weighted by Gasteiger charge is 2.09. The van der Waals surface area contributed by atoms with E-state index in [9.17, 15) is 14.4 Å². The molecule has 0 spiro atoms. The van der Waals surface area contributed by atoms with Crippen molar-refractivity contribution in [2.24, 2.45) is 0 Å². The summed E-state index contributed by atoms with van der Waals surface area (Å²) in [6.45, 7) is 7.08. The molecule has 3 aromatic rings. The average Bonchev–Trinajstić information content (AvgIpc) is 2.92. The lowest BCUT2D eigenvalue weighted by atomic mass is 10.2. The second-order valence-corrected chi connectivity index (χ2v) is 7.63. The first kappa shape index (κ1) is 32.0. The van der Waals surface area contributed by atoms with E-state index in [0.29, 0.717) is 22.7 Å². The molecule has 0 aliphatic carbocycles. The first-order valence-corrected chi connectivity index (χ1v) is 12.1. The minimum Gasteiger partial charge on any atom is -0.455 e. The second-order valence-electron chi connectivity index (χ2n) is 7.63. The quantitative estimate of drug-likeness (QED) is 0.159. The summed E-state index contributed by atoms with van der Waals surface area (Å²) < 4.78 is 14.6. The number of hydrogen-bond acceptors (Lipinski definition) is 10. The predicted molar refractivity (Wildman–Crippen MR) is 151 cm³/mol. The Morgan fingerprint density at radius 2 is 1.51 bits per heavy atom. The molecule has 0 aliphatic rings. The molecule has 0 radical (unpaired) electrons. The zero-order valence-electron chi connectivity index (χ0n) is 22.5. The van der Waals surface area contributed by atoms with Gasteiger partial charge in [0.05, 0.1) is 24.0 Å². The van der Waals surface area contributed by atoms with Gasteiger partial charge in [0, 0.05) is 5.56 Å². The number of nitrogens with one attached hydrogen (secondary N) is 2. The maximum absolute atomic E-state index is 11.8. The van der Waals surface area contributed by atoms with E-state index in [1.54, 1.807) is 74.5 Å². The van der Waals surface area contributed by atoms with E-state index in [4.69, 9.17) is 26.7 Å². The van der Waals surface area contributed by atoms with Crippen LogP contribution in [0.25, 0.3) is 0 Å². The number of rotatable bonds is 8. The normalized spacial score (nSPS) is 9.56. The maximum Gasteiger partial charge on any atom is 0.511 e. The second kappa shape index (κ2) is 17.5. The Kier molecular flexibility index (Phi) is 14.3. The van der Waals surface area contributed by atoms with Crippen LogP contribution in [0.1, 0.15) is 38.1 Å². The largest absolute Gasteiger partial charge is 0.511 e. The monoisotopic (exact) mass is 540 g/mol. The molecule has 210 valence electrons. The highest BCUT2D eigenvalue weighted by atomic mass is 16.8. The highest BCUT2D eigenvalue weighted by Crippen LogP contribution is 2.19. The number of benzene rings is 2. The van der Waals surface area contributed by atoms with Crippen molar-refractivity contribution < 1.29 is 28.6 Å². The molecule has 0 unspecified atom stereocenters. The number of para-hydroxylation sites is 2. The van der Waals surface area contributed by atoms with Crippen LogP contribution < -0.4 is 32.6 Å². The predicted octanol–water partition coefficient (Wildman–Crippen LogP) is 3.81. The molecule has 1 heterocycles. The van der Waals surface area contributed by atoms with E-state index in [0.717, 1.165) is 0 Å². The first-order valence-electron chi connectivity index (χ1n) is 12.1.